The van der Waals surface area contributed by atoms with Gasteiger partial charge in [-0.1, -0.05) is 0 Å². The highest BCUT2D eigenvalue weighted by molar-refractivity contribution is 7.89. The maximum Gasteiger partial charge on any atom is 0.240 e. The molecule has 1 aliphatic rings. The average molecular weight is 240 g/mol. The normalized spacial score (nSPS) is 15.8. The van der Waals surface area contributed by atoms with Gasteiger partial charge in [0, 0.05) is 11.7 Å². The molecule has 0 radical (unpaired) electrons. The van der Waals surface area contributed by atoms with Crippen LogP contribution >= 0.6 is 0 Å². The molecule has 0 heterocycles. The summed E-state index contributed by atoms with van der Waals surface area (Å²) in [4.78, 5) is 10.4. The summed E-state index contributed by atoms with van der Waals surface area (Å²) in [6, 6.07) is 6.14. The number of rotatable bonds is 5. The molecule has 6 heteroatoms. The number of carbonyl (C=O) groups excluding carboxylic acids is 1. The van der Waals surface area contributed by atoms with E-state index in [1.807, 2.05) is 0 Å². The Labute approximate surface area is 93.9 Å². The van der Waals surface area contributed by atoms with Crippen molar-refractivity contribution in [3.63, 3.8) is 0 Å². The molecule has 0 bridgehead atoms. The number of hydrogen-bond donors (Lipinski definition) is 2. The first-order valence-corrected chi connectivity index (χ1v) is 6.43. The third-order valence-corrected chi connectivity index (χ3v) is 3.83. The van der Waals surface area contributed by atoms with Crippen LogP contribution in [0.4, 0.5) is 5.69 Å². The van der Waals surface area contributed by atoms with Crippen molar-refractivity contribution in [3.05, 3.63) is 24.3 Å². The summed E-state index contributed by atoms with van der Waals surface area (Å²) in [7, 11) is -3.39. The van der Waals surface area contributed by atoms with Crippen molar-refractivity contribution >= 4 is 22.1 Å². The van der Waals surface area contributed by atoms with Crippen LogP contribution in [0.5, 0.6) is 0 Å². The molecule has 1 aromatic carbocycles. The lowest BCUT2D eigenvalue weighted by atomic mass is 10.3. The van der Waals surface area contributed by atoms with Crippen LogP contribution in [-0.4, -0.2) is 20.9 Å². The Kier molecular flexibility index (Phi) is 2.93. The summed E-state index contributed by atoms with van der Waals surface area (Å²) in [5.41, 5.74) is 0.570. The van der Waals surface area contributed by atoms with E-state index < -0.39 is 10.0 Å². The second kappa shape index (κ2) is 4.23. The van der Waals surface area contributed by atoms with Gasteiger partial charge in [0.05, 0.1) is 4.90 Å². The van der Waals surface area contributed by atoms with Crippen LogP contribution in [0.1, 0.15) is 12.8 Å². The van der Waals surface area contributed by atoms with Gasteiger partial charge in [0.15, 0.2) is 0 Å². The summed E-state index contributed by atoms with van der Waals surface area (Å²) in [6.07, 6.45) is 2.36. The van der Waals surface area contributed by atoms with E-state index in [1.54, 1.807) is 12.1 Å². The summed E-state index contributed by atoms with van der Waals surface area (Å²) < 4.78 is 26.1. The molecular formula is C10H12N2O3S. The van der Waals surface area contributed by atoms with Crippen molar-refractivity contribution in [2.75, 3.05) is 5.32 Å². The number of sulfonamides is 1. The van der Waals surface area contributed by atoms with Gasteiger partial charge < -0.3 is 5.32 Å². The lowest BCUT2D eigenvalue weighted by Crippen LogP contribution is -2.25. The van der Waals surface area contributed by atoms with Crippen LogP contribution in [0, 0.1) is 0 Å². The smallest absolute Gasteiger partial charge is 0.240 e. The number of nitrogens with one attached hydrogen (secondary N) is 2. The molecule has 1 fully saturated rings. The van der Waals surface area contributed by atoms with E-state index in [0.29, 0.717) is 12.1 Å². The number of amides is 1. The quantitative estimate of drug-likeness (QED) is 0.744. The highest BCUT2D eigenvalue weighted by Crippen LogP contribution is 2.22. The molecule has 1 aliphatic carbocycles. The fourth-order valence-corrected chi connectivity index (χ4v) is 2.59. The summed E-state index contributed by atoms with van der Waals surface area (Å²) in [5, 5.41) is 2.44. The van der Waals surface area contributed by atoms with Crippen LogP contribution in [0.3, 0.4) is 0 Å². The number of anilines is 1. The van der Waals surface area contributed by atoms with Gasteiger partial charge in [0.2, 0.25) is 16.4 Å². The minimum atomic E-state index is -3.39. The van der Waals surface area contributed by atoms with Crippen LogP contribution in [-0.2, 0) is 14.8 Å². The van der Waals surface area contributed by atoms with E-state index in [4.69, 9.17) is 0 Å². The molecule has 1 saturated carbocycles. The van der Waals surface area contributed by atoms with Gasteiger partial charge in [-0.15, -0.1) is 0 Å². The van der Waals surface area contributed by atoms with Crippen LogP contribution in [0.15, 0.2) is 29.2 Å². The Morgan fingerprint density at radius 3 is 2.31 bits per heavy atom. The first-order valence-electron chi connectivity index (χ1n) is 4.94. The van der Waals surface area contributed by atoms with Crippen molar-refractivity contribution < 1.29 is 13.2 Å². The van der Waals surface area contributed by atoms with E-state index in [-0.39, 0.29) is 10.9 Å². The largest absolute Gasteiger partial charge is 0.329 e. The monoisotopic (exact) mass is 240 g/mol. The Balaban J connectivity index is 2.16. The molecule has 0 aromatic heterocycles. The third kappa shape index (κ3) is 2.59. The predicted octanol–water partition coefficient (Wildman–Crippen LogP) is 0.696. The van der Waals surface area contributed by atoms with Gasteiger partial charge in [-0.2, -0.15) is 0 Å². The standard InChI is InChI=1S/C10H12N2O3S/c13-7-11-8-3-5-10(6-4-8)16(14,15)12-9-1-2-9/h3-7,9,12H,1-2H2,(H,11,13). The molecule has 0 aliphatic heterocycles. The van der Waals surface area contributed by atoms with E-state index in [9.17, 15) is 13.2 Å². The van der Waals surface area contributed by atoms with Crippen LogP contribution in [0.25, 0.3) is 0 Å². The van der Waals surface area contributed by atoms with Crippen molar-refractivity contribution in [1.29, 1.82) is 0 Å². The molecule has 0 saturated heterocycles. The van der Waals surface area contributed by atoms with E-state index in [0.717, 1.165) is 12.8 Å². The first kappa shape index (κ1) is 11.1. The fraction of sp³-hybridized carbons (Fsp3) is 0.300. The minimum Gasteiger partial charge on any atom is -0.329 e. The highest BCUT2D eigenvalue weighted by Gasteiger charge is 2.27. The van der Waals surface area contributed by atoms with Crippen molar-refractivity contribution in [2.45, 2.75) is 23.8 Å². The predicted molar refractivity (Wildman–Crippen MR) is 59.5 cm³/mol. The molecule has 86 valence electrons. The zero-order valence-corrected chi connectivity index (χ0v) is 9.33. The molecule has 0 atom stereocenters. The molecule has 0 unspecified atom stereocenters. The number of benzene rings is 1. The Morgan fingerprint density at radius 1 is 1.19 bits per heavy atom. The second-order valence-electron chi connectivity index (χ2n) is 3.68. The van der Waals surface area contributed by atoms with Gasteiger partial charge in [0.1, 0.15) is 0 Å². The summed E-state index contributed by atoms with van der Waals surface area (Å²) in [5.74, 6) is 0. The third-order valence-electron chi connectivity index (χ3n) is 2.29. The lowest BCUT2D eigenvalue weighted by molar-refractivity contribution is -0.105. The number of carbonyl (C=O) groups is 1. The van der Waals surface area contributed by atoms with E-state index >= 15 is 0 Å². The van der Waals surface area contributed by atoms with Gasteiger partial charge in [-0.05, 0) is 37.1 Å². The van der Waals surface area contributed by atoms with Crippen molar-refractivity contribution in [2.24, 2.45) is 0 Å². The molecule has 1 amide bonds. The van der Waals surface area contributed by atoms with Gasteiger partial charge in [0.25, 0.3) is 0 Å². The van der Waals surface area contributed by atoms with Gasteiger partial charge >= 0.3 is 0 Å². The van der Waals surface area contributed by atoms with Crippen molar-refractivity contribution in [3.8, 4) is 0 Å². The minimum absolute atomic E-state index is 0.0952. The van der Waals surface area contributed by atoms with E-state index in [1.165, 1.54) is 12.1 Å². The molecule has 0 spiro atoms. The molecule has 1 aromatic rings. The highest BCUT2D eigenvalue weighted by atomic mass is 32.2. The zero-order chi connectivity index (χ0) is 11.6. The summed E-state index contributed by atoms with van der Waals surface area (Å²) in [6.45, 7) is 0. The van der Waals surface area contributed by atoms with Crippen molar-refractivity contribution in [1.82, 2.24) is 4.72 Å². The lowest BCUT2D eigenvalue weighted by Gasteiger charge is -2.05. The molecule has 5 nitrogen and oxygen atoms in total. The van der Waals surface area contributed by atoms with Gasteiger partial charge in [-0.3, -0.25) is 4.79 Å². The zero-order valence-electron chi connectivity index (χ0n) is 8.51. The fourth-order valence-electron chi connectivity index (χ4n) is 1.29. The van der Waals surface area contributed by atoms with Crippen LogP contribution in [0.2, 0.25) is 0 Å². The molecular weight excluding hydrogens is 228 g/mol. The topological polar surface area (TPSA) is 75.3 Å². The average Bonchev–Trinajstić information content (AvgIpc) is 3.02. The maximum atomic E-state index is 11.8. The molecule has 2 N–H and O–H groups in total. The first-order chi connectivity index (χ1) is 7.62. The molecule has 2 rings (SSSR count). The Morgan fingerprint density at radius 2 is 1.81 bits per heavy atom. The SMILES string of the molecule is O=CNc1ccc(S(=O)(=O)NC2CC2)cc1. The second-order valence-corrected chi connectivity index (χ2v) is 5.40. The summed E-state index contributed by atoms with van der Waals surface area (Å²) >= 11 is 0. The Hall–Kier alpha value is -1.40. The maximum absolute atomic E-state index is 11.8. The van der Waals surface area contributed by atoms with E-state index in [2.05, 4.69) is 10.0 Å². The Bertz CT molecular complexity index is 477. The van der Waals surface area contributed by atoms with Gasteiger partial charge in [-0.25, -0.2) is 13.1 Å². The van der Waals surface area contributed by atoms with Crippen LogP contribution < -0.4 is 10.0 Å². The molecule has 16 heavy (non-hydrogen) atoms. The number of hydrogen-bond acceptors (Lipinski definition) is 3.